The molecule has 2 saturated heterocycles. The normalized spacial score (nSPS) is 26.6. The van der Waals surface area contributed by atoms with Crippen molar-refractivity contribution < 1.29 is 0 Å². The summed E-state index contributed by atoms with van der Waals surface area (Å²) in [5.74, 6) is 1.88. The standard InChI is InChI=1S/C16H32N4.HI/c1-5-19-9-6-7-14(12-19)11-18-15(17-4)20-10-8-16(2,3)13-20;/h14H,5-13H2,1-4H3,(H,17,18);1H. The maximum absolute atomic E-state index is 4.48. The van der Waals surface area contributed by atoms with Gasteiger partial charge in [-0.15, -0.1) is 24.0 Å². The zero-order chi connectivity index (χ0) is 14.6. The molecule has 0 aliphatic carbocycles. The molecule has 0 aromatic carbocycles. The topological polar surface area (TPSA) is 30.9 Å². The van der Waals surface area contributed by atoms with Crippen LogP contribution in [0.25, 0.3) is 0 Å². The molecule has 1 N–H and O–H groups in total. The lowest BCUT2D eigenvalue weighted by Gasteiger charge is -2.33. The van der Waals surface area contributed by atoms with Crippen molar-refractivity contribution in [3.8, 4) is 0 Å². The van der Waals surface area contributed by atoms with E-state index in [0.29, 0.717) is 5.41 Å². The van der Waals surface area contributed by atoms with E-state index in [0.717, 1.165) is 31.5 Å². The maximum atomic E-state index is 4.48. The van der Waals surface area contributed by atoms with E-state index < -0.39 is 0 Å². The summed E-state index contributed by atoms with van der Waals surface area (Å²) in [5, 5.41) is 3.61. The molecule has 1 atom stereocenters. The minimum atomic E-state index is 0. The van der Waals surface area contributed by atoms with Crippen molar-refractivity contribution in [2.24, 2.45) is 16.3 Å². The smallest absolute Gasteiger partial charge is 0.193 e. The Hall–Kier alpha value is -0.0400. The first-order valence-electron chi connectivity index (χ1n) is 8.22. The fourth-order valence-electron chi connectivity index (χ4n) is 3.47. The van der Waals surface area contributed by atoms with Crippen molar-refractivity contribution in [3.05, 3.63) is 0 Å². The van der Waals surface area contributed by atoms with Crippen molar-refractivity contribution >= 4 is 29.9 Å². The van der Waals surface area contributed by atoms with Crippen LogP contribution in [0.3, 0.4) is 0 Å². The summed E-state index contributed by atoms with van der Waals surface area (Å²) in [7, 11) is 1.91. The first-order valence-corrected chi connectivity index (χ1v) is 8.22. The van der Waals surface area contributed by atoms with Gasteiger partial charge in [-0.25, -0.2) is 0 Å². The number of rotatable bonds is 3. The second-order valence-electron chi connectivity index (χ2n) is 7.17. The van der Waals surface area contributed by atoms with E-state index in [1.807, 2.05) is 7.05 Å². The van der Waals surface area contributed by atoms with Crippen LogP contribution >= 0.6 is 24.0 Å². The predicted molar refractivity (Wildman–Crippen MR) is 102 cm³/mol. The van der Waals surface area contributed by atoms with Gasteiger partial charge in [-0.1, -0.05) is 20.8 Å². The summed E-state index contributed by atoms with van der Waals surface area (Å²) < 4.78 is 0. The molecule has 0 amide bonds. The molecule has 0 aromatic rings. The lowest BCUT2D eigenvalue weighted by molar-refractivity contribution is 0.183. The Morgan fingerprint density at radius 3 is 2.67 bits per heavy atom. The summed E-state index contributed by atoms with van der Waals surface area (Å²) in [6, 6.07) is 0. The van der Waals surface area contributed by atoms with Crippen molar-refractivity contribution in [2.75, 3.05) is 46.3 Å². The number of hydrogen-bond donors (Lipinski definition) is 1. The van der Waals surface area contributed by atoms with Gasteiger partial charge in [0.1, 0.15) is 0 Å². The summed E-state index contributed by atoms with van der Waals surface area (Å²) in [6.45, 7) is 14.0. The Bertz CT molecular complexity index is 343. The number of nitrogens with one attached hydrogen (secondary N) is 1. The van der Waals surface area contributed by atoms with Gasteiger partial charge in [0.2, 0.25) is 0 Å². The fraction of sp³-hybridized carbons (Fsp3) is 0.938. The van der Waals surface area contributed by atoms with E-state index in [4.69, 9.17) is 0 Å². The highest BCUT2D eigenvalue weighted by molar-refractivity contribution is 14.0. The number of piperidine rings is 1. The van der Waals surface area contributed by atoms with Gasteiger partial charge in [0.05, 0.1) is 0 Å². The number of likely N-dealkylation sites (tertiary alicyclic amines) is 2. The molecular formula is C16H33IN4. The van der Waals surface area contributed by atoms with Crippen molar-refractivity contribution in [3.63, 3.8) is 0 Å². The second kappa shape index (κ2) is 8.56. The minimum absolute atomic E-state index is 0. The van der Waals surface area contributed by atoms with Gasteiger partial charge in [-0.05, 0) is 43.7 Å². The molecule has 0 spiro atoms. The van der Waals surface area contributed by atoms with Gasteiger partial charge in [0, 0.05) is 33.2 Å². The molecule has 5 heteroatoms. The molecule has 2 fully saturated rings. The Kier molecular flexibility index (Phi) is 7.74. The number of aliphatic imine (C=N–C) groups is 1. The Morgan fingerprint density at radius 1 is 1.33 bits per heavy atom. The van der Waals surface area contributed by atoms with Crippen LogP contribution in [0, 0.1) is 11.3 Å². The third-order valence-electron chi connectivity index (χ3n) is 4.79. The molecule has 2 aliphatic heterocycles. The molecule has 2 heterocycles. The number of halogens is 1. The average Bonchev–Trinajstić information content (AvgIpc) is 2.80. The van der Waals surface area contributed by atoms with Crippen LogP contribution < -0.4 is 5.32 Å². The molecule has 21 heavy (non-hydrogen) atoms. The van der Waals surface area contributed by atoms with Crippen LogP contribution in [0.15, 0.2) is 4.99 Å². The molecule has 0 saturated carbocycles. The van der Waals surface area contributed by atoms with Crippen LogP contribution in [0.1, 0.15) is 40.0 Å². The highest BCUT2D eigenvalue weighted by Gasteiger charge is 2.31. The third kappa shape index (κ3) is 5.58. The van der Waals surface area contributed by atoms with Crippen LogP contribution in [-0.2, 0) is 0 Å². The molecule has 124 valence electrons. The van der Waals surface area contributed by atoms with Crippen molar-refractivity contribution in [1.82, 2.24) is 15.1 Å². The van der Waals surface area contributed by atoms with Gasteiger partial charge in [0.15, 0.2) is 5.96 Å². The molecule has 0 aromatic heterocycles. The van der Waals surface area contributed by atoms with Gasteiger partial charge < -0.3 is 15.1 Å². The van der Waals surface area contributed by atoms with E-state index in [1.54, 1.807) is 0 Å². The van der Waals surface area contributed by atoms with Crippen molar-refractivity contribution in [1.29, 1.82) is 0 Å². The lowest BCUT2D eigenvalue weighted by atomic mass is 9.93. The number of guanidine groups is 1. The minimum Gasteiger partial charge on any atom is -0.356 e. The Balaban J connectivity index is 0.00000220. The number of nitrogens with zero attached hydrogens (tertiary/aromatic N) is 3. The molecule has 2 rings (SSSR count). The molecule has 0 radical (unpaired) electrons. The summed E-state index contributed by atoms with van der Waals surface area (Å²) in [4.78, 5) is 9.46. The Morgan fingerprint density at radius 2 is 2.10 bits per heavy atom. The van der Waals surface area contributed by atoms with E-state index in [-0.39, 0.29) is 24.0 Å². The monoisotopic (exact) mass is 408 g/mol. The van der Waals surface area contributed by atoms with Gasteiger partial charge in [-0.2, -0.15) is 0 Å². The SMILES string of the molecule is CCN1CCCC(CNC(=NC)N2CCC(C)(C)C2)C1.I. The third-order valence-corrected chi connectivity index (χ3v) is 4.79. The zero-order valence-electron chi connectivity index (χ0n) is 14.2. The van der Waals surface area contributed by atoms with E-state index in [2.05, 4.69) is 40.9 Å². The van der Waals surface area contributed by atoms with E-state index >= 15 is 0 Å². The van der Waals surface area contributed by atoms with Gasteiger partial charge in [-0.3, -0.25) is 4.99 Å². The second-order valence-corrected chi connectivity index (χ2v) is 7.17. The largest absolute Gasteiger partial charge is 0.356 e. The van der Waals surface area contributed by atoms with Gasteiger partial charge in [0.25, 0.3) is 0 Å². The number of hydrogen-bond acceptors (Lipinski definition) is 2. The van der Waals surface area contributed by atoms with Crippen molar-refractivity contribution in [2.45, 2.75) is 40.0 Å². The Labute approximate surface area is 147 Å². The molecule has 0 bridgehead atoms. The highest BCUT2D eigenvalue weighted by Crippen LogP contribution is 2.28. The lowest BCUT2D eigenvalue weighted by Crippen LogP contribution is -2.45. The maximum Gasteiger partial charge on any atom is 0.193 e. The first-order chi connectivity index (χ1) is 9.54. The average molecular weight is 408 g/mol. The molecule has 1 unspecified atom stereocenters. The first kappa shape index (κ1) is 19.0. The molecule has 4 nitrogen and oxygen atoms in total. The van der Waals surface area contributed by atoms with Crippen LogP contribution in [-0.4, -0.2) is 62.1 Å². The molecular weight excluding hydrogens is 375 g/mol. The highest BCUT2D eigenvalue weighted by atomic mass is 127. The summed E-state index contributed by atoms with van der Waals surface area (Å²) in [6.07, 6.45) is 3.96. The summed E-state index contributed by atoms with van der Waals surface area (Å²) >= 11 is 0. The van der Waals surface area contributed by atoms with Gasteiger partial charge >= 0.3 is 0 Å². The van der Waals surface area contributed by atoms with E-state index in [9.17, 15) is 0 Å². The zero-order valence-corrected chi connectivity index (χ0v) is 16.5. The quantitative estimate of drug-likeness (QED) is 0.443. The van der Waals surface area contributed by atoms with Crippen LogP contribution in [0.2, 0.25) is 0 Å². The van der Waals surface area contributed by atoms with E-state index in [1.165, 1.54) is 38.9 Å². The van der Waals surface area contributed by atoms with Crippen LogP contribution in [0.4, 0.5) is 0 Å². The fourth-order valence-corrected chi connectivity index (χ4v) is 3.47. The molecule has 2 aliphatic rings. The van der Waals surface area contributed by atoms with Crippen LogP contribution in [0.5, 0.6) is 0 Å². The summed E-state index contributed by atoms with van der Waals surface area (Å²) in [5.41, 5.74) is 0.432. The predicted octanol–water partition coefficient (Wildman–Crippen LogP) is 2.64.